The zero-order valence-corrected chi connectivity index (χ0v) is 19.1. The monoisotopic (exact) mass is 469 g/mol. The van der Waals surface area contributed by atoms with Gasteiger partial charge in [0.25, 0.3) is 5.91 Å². The number of methoxy groups -OCH3 is 1. The fraction of sp³-hybridized carbons (Fsp3) is 0.167. The van der Waals surface area contributed by atoms with E-state index in [1.807, 2.05) is 49.4 Å². The van der Waals surface area contributed by atoms with E-state index in [1.54, 1.807) is 30.0 Å². The molecule has 2 aromatic heterocycles. The highest BCUT2D eigenvalue weighted by Crippen LogP contribution is 2.25. The van der Waals surface area contributed by atoms with Crippen LogP contribution in [0.25, 0.3) is 17.1 Å². The van der Waals surface area contributed by atoms with Crippen molar-refractivity contribution in [1.29, 1.82) is 0 Å². The largest absolute Gasteiger partial charge is 0.497 e. The standard InChI is InChI=1S/C24H21Cl2N3O3/c1-15-3-10-23(32-15)21-14-22(29(28-21)18-6-8-19(31-2)9-7-18)24(30)27-12-11-16-4-5-17(25)13-20(16)26/h3-10,13-14H,11-12H2,1-2H3,(H,27,30). The summed E-state index contributed by atoms with van der Waals surface area (Å²) in [6.07, 6.45) is 0.572. The zero-order valence-electron chi connectivity index (χ0n) is 17.6. The van der Waals surface area contributed by atoms with E-state index in [4.69, 9.17) is 32.4 Å². The summed E-state index contributed by atoms with van der Waals surface area (Å²) in [4.78, 5) is 13.1. The van der Waals surface area contributed by atoms with Gasteiger partial charge in [-0.15, -0.1) is 0 Å². The molecule has 0 bridgehead atoms. The number of hydrogen-bond donors (Lipinski definition) is 1. The number of ether oxygens (including phenoxy) is 1. The average Bonchev–Trinajstić information content (AvgIpc) is 3.42. The Morgan fingerprint density at radius 1 is 1.09 bits per heavy atom. The lowest BCUT2D eigenvalue weighted by atomic mass is 10.1. The van der Waals surface area contributed by atoms with Gasteiger partial charge < -0.3 is 14.5 Å². The van der Waals surface area contributed by atoms with Crippen LogP contribution in [0.15, 0.2) is 65.1 Å². The van der Waals surface area contributed by atoms with Crippen molar-refractivity contribution in [2.24, 2.45) is 0 Å². The second-order valence-electron chi connectivity index (χ2n) is 7.18. The third-order valence-corrected chi connectivity index (χ3v) is 5.53. The van der Waals surface area contributed by atoms with E-state index >= 15 is 0 Å². The Balaban J connectivity index is 1.58. The molecule has 2 heterocycles. The first-order valence-electron chi connectivity index (χ1n) is 9.98. The molecule has 0 spiro atoms. The first kappa shape index (κ1) is 22.0. The van der Waals surface area contributed by atoms with Crippen LogP contribution >= 0.6 is 23.2 Å². The van der Waals surface area contributed by atoms with Gasteiger partial charge in [-0.05, 0) is 67.4 Å². The fourth-order valence-corrected chi connectivity index (χ4v) is 3.78. The smallest absolute Gasteiger partial charge is 0.270 e. The Kier molecular flexibility index (Phi) is 6.53. The lowest BCUT2D eigenvalue weighted by Gasteiger charge is -2.10. The number of furan rings is 1. The predicted octanol–water partition coefficient (Wildman–Crippen LogP) is 5.73. The second kappa shape index (κ2) is 9.51. The molecule has 0 radical (unpaired) electrons. The van der Waals surface area contributed by atoms with Crippen molar-refractivity contribution in [2.75, 3.05) is 13.7 Å². The van der Waals surface area contributed by atoms with Gasteiger partial charge in [-0.3, -0.25) is 4.79 Å². The average molecular weight is 470 g/mol. The fourth-order valence-electron chi connectivity index (χ4n) is 3.28. The van der Waals surface area contributed by atoms with E-state index in [1.165, 1.54) is 0 Å². The maximum absolute atomic E-state index is 13.1. The van der Waals surface area contributed by atoms with Crippen molar-refractivity contribution in [3.8, 4) is 22.9 Å². The number of nitrogens with zero attached hydrogens (tertiary/aromatic N) is 2. The molecule has 0 saturated carbocycles. The minimum absolute atomic E-state index is 0.257. The molecule has 32 heavy (non-hydrogen) atoms. The molecule has 0 fully saturated rings. The van der Waals surface area contributed by atoms with Crippen molar-refractivity contribution in [1.82, 2.24) is 15.1 Å². The first-order valence-corrected chi connectivity index (χ1v) is 10.7. The molecule has 0 saturated heterocycles. The van der Waals surface area contributed by atoms with E-state index in [2.05, 4.69) is 10.4 Å². The summed E-state index contributed by atoms with van der Waals surface area (Å²) in [5.74, 6) is 1.82. The molecule has 2 aromatic carbocycles. The van der Waals surface area contributed by atoms with Gasteiger partial charge in [0.2, 0.25) is 0 Å². The van der Waals surface area contributed by atoms with Crippen LogP contribution in [0.5, 0.6) is 5.75 Å². The highest BCUT2D eigenvalue weighted by atomic mass is 35.5. The molecule has 0 unspecified atom stereocenters. The maximum Gasteiger partial charge on any atom is 0.270 e. The van der Waals surface area contributed by atoms with Crippen molar-refractivity contribution in [3.05, 3.63) is 87.7 Å². The van der Waals surface area contributed by atoms with Gasteiger partial charge >= 0.3 is 0 Å². The summed E-state index contributed by atoms with van der Waals surface area (Å²) in [6.45, 7) is 2.27. The SMILES string of the molecule is COc1ccc(-n2nc(-c3ccc(C)o3)cc2C(=O)NCCc2ccc(Cl)cc2Cl)cc1. The summed E-state index contributed by atoms with van der Waals surface area (Å²) >= 11 is 12.2. The van der Waals surface area contributed by atoms with Crippen LogP contribution in [-0.2, 0) is 6.42 Å². The number of halogens is 2. The molecule has 0 aliphatic carbocycles. The molecule has 0 atom stereocenters. The highest BCUT2D eigenvalue weighted by Gasteiger charge is 2.19. The van der Waals surface area contributed by atoms with Crippen LogP contribution in [0.3, 0.4) is 0 Å². The minimum atomic E-state index is -0.257. The number of aromatic nitrogens is 2. The van der Waals surface area contributed by atoms with Crippen LogP contribution in [0.4, 0.5) is 0 Å². The Hall–Kier alpha value is -3.22. The molecule has 1 amide bonds. The van der Waals surface area contributed by atoms with Crippen molar-refractivity contribution in [2.45, 2.75) is 13.3 Å². The molecule has 4 rings (SSSR count). The quantitative estimate of drug-likeness (QED) is 0.375. The third kappa shape index (κ3) is 4.82. The molecular weight excluding hydrogens is 449 g/mol. The van der Waals surface area contributed by atoms with E-state index < -0.39 is 0 Å². The minimum Gasteiger partial charge on any atom is -0.497 e. The van der Waals surface area contributed by atoms with E-state index in [0.29, 0.717) is 45.9 Å². The van der Waals surface area contributed by atoms with Crippen LogP contribution in [-0.4, -0.2) is 29.3 Å². The lowest BCUT2D eigenvalue weighted by molar-refractivity contribution is 0.0946. The number of benzene rings is 2. The van der Waals surface area contributed by atoms with Gasteiger partial charge in [0.05, 0.1) is 12.8 Å². The normalized spacial score (nSPS) is 10.9. The third-order valence-electron chi connectivity index (χ3n) is 4.95. The Bertz CT molecular complexity index is 1250. The Labute approximate surface area is 195 Å². The van der Waals surface area contributed by atoms with Crippen LogP contribution in [0.1, 0.15) is 21.8 Å². The van der Waals surface area contributed by atoms with Crippen molar-refractivity contribution >= 4 is 29.1 Å². The number of carbonyl (C=O) groups is 1. The number of hydrogen-bond acceptors (Lipinski definition) is 4. The zero-order chi connectivity index (χ0) is 22.7. The summed E-state index contributed by atoms with van der Waals surface area (Å²) in [7, 11) is 1.60. The Morgan fingerprint density at radius 3 is 2.53 bits per heavy atom. The summed E-state index contributed by atoms with van der Waals surface area (Å²) in [5.41, 5.74) is 2.60. The van der Waals surface area contributed by atoms with Crippen molar-refractivity contribution in [3.63, 3.8) is 0 Å². The van der Waals surface area contributed by atoms with Crippen molar-refractivity contribution < 1.29 is 13.9 Å². The molecule has 164 valence electrons. The summed E-state index contributed by atoms with van der Waals surface area (Å²) in [5, 5.41) is 8.71. The summed E-state index contributed by atoms with van der Waals surface area (Å²) in [6, 6.07) is 18.1. The van der Waals surface area contributed by atoms with Gasteiger partial charge in [-0.2, -0.15) is 5.10 Å². The van der Waals surface area contributed by atoms with E-state index in [-0.39, 0.29) is 5.91 Å². The van der Waals surface area contributed by atoms with E-state index in [0.717, 1.165) is 17.0 Å². The molecule has 4 aromatic rings. The number of carbonyl (C=O) groups excluding carboxylic acids is 1. The van der Waals surface area contributed by atoms with Gasteiger partial charge in [0.1, 0.15) is 22.9 Å². The molecule has 0 aliphatic rings. The topological polar surface area (TPSA) is 69.3 Å². The highest BCUT2D eigenvalue weighted by molar-refractivity contribution is 6.35. The summed E-state index contributed by atoms with van der Waals surface area (Å²) < 4.78 is 12.5. The molecule has 6 nitrogen and oxygen atoms in total. The van der Waals surface area contributed by atoms with Gasteiger partial charge in [0.15, 0.2) is 5.76 Å². The molecule has 1 N–H and O–H groups in total. The number of amides is 1. The number of aryl methyl sites for hydroxylation is 1. The second-order valence-corrected chi connectivity index (χ2v) is 8.02. The van der Waals surface area contributed by atoms with Gasteiger partial charge in [-0.25, -0.2) is 4.68 Å². The Morgan fingerprint density at radius 2 is 1.88 bits per heavy atom. The maximum atomic E-state index is 13.1. The molecular formula is C24H21Cl2N3O3. The van der Waals surface area contributed by atoms with E-state index in [9.17, 15) is 4.79 Å². The van der Waals surface area contributed by atoms with Gasteiger partial charge in [0, 0.05) is 22.7 Å². The van der Waals surface area contributed by atoms with Crippen LogP contribution < -0.4 is 10.1 Å². The lowest BCUT2D eigenvalue weighted by Crippen LogP contribution is -2.27. The van der Waals surface area contributed by atoms with Crippen LogP contribution in [0.2, 0.25) is 10.0 Å². The molecule has 0 aliphatic heterocycles. The predicted molar refractivity (Wildman–Crippen MR) is 125 cm³/mol. The molecule has 8 heteroatoms. The number of rotatable bonds is 7. The number of nitrogens with one attached hydrogen (secondary N) is 1. The van der Waals surface area contributed by atoms with Gasteiger partial charge in [-0.1, -0.05) is 29.3 Å². The van der Waals surface area contributed by atoms with Crippen LogP contribution in [0, 0.1) is 6.92 Å². The first-order chi connectivity index (χ1) is 15.4.